The molecular formula is C14H22N6O. The quantitative estimate of drug-likeness (QED) is 0.840. The highest BCUT2D eigenvalue weighted by Crippen LogP contribution is 2.23. The number of nitrogens with zero attached hydrogens (tertiary/aromatic N) is 6. The summed E-state index contributed by atoms with van der Waals surface area (Å²) in [6.07, 6.45) is 1.87. The van der Waals surface area contributed by atoms with Gasteiger partial charge in [-0.15, -0.1) is 0 Å². The van der Waals surface area contributed by atoms with Gasteiger partial charge < -0.3 is 4.52 Å². The topological polar surface area (TPSA) is 63.2 Å². The van der Waals surface area contributed by atoms with E-state index in [4.69, 9.17) is 4.52 Å². The summed E-state index contributed by atoms with van der Waals surface area (Å²) in [5.41, 5.74) is 1.25. The van der Waals surface area contributed by atoms with Gasteiger partial charge in [0, 0.05) is 38.9 Å². The zero-order valence-corrected chi connectivity index (χ0v) is 12.9. The van der Waals surface area contributed by atoms with E-state index in [1.54, 1.807) is 0 Å². The first-order valence-corrected chi connectivity index (χ1v) is 7.41. The third-order valence-corrected chi connectivity index (χ3v) is 4.05. The van der Waals surface area contributed by atoms with Gasteiger partial charge in [-0.2, -0.15) is 10.1 Å². The van der Waals surface area contributed by atoms with Crippen LogP contribution in [0.2, 0.25) is 0 Å². The van der Waals surface area contributed by atoms with Gasteiger partial charge in [-0.1, -0.05) is 5.16 Å². The second-order valence-corrected chi connectivity index (χ2v) is 5.55. The molecule has 0 spiro atoms. The monoisotopic (exact) mass is 290 g/mol. The Bertz CT molecular complexity index is 592. The van der Waals surface area contributed by atoms with Crippen LogP contribution in [0, 0.1) is 6.92 Å². The molecule has 1 saturated heterocycles. The first-order chi connectivity index (χ1) is 10.2. The van der Waals surface area contributed by atoms with Gasteiger partial charge in [0.15, 0.2) is 5.82 Å². The fourth-order valence-electron chi connectivity index (χ4n) is 2.80. The lowest BCUT2D eigenvalue weighted by atomic mass is 10.1. The molecule has 21 heavy (non-hydrogen) atoms. The summed E-state index contributed by atoms with van der Waals surface area (Å²) in [6.45, 7) is 8.71. The maximum absolute atomic E-state index is 5.36. The molecule has 0 aliphatic carbocycles. The molecule has 114 valence electrons. The van der Waals surface area contributed by atoms with Crippen molar-refractivity contribution in [2.75, 3.05) is 26.7 Å². The van der Waals surface area contributed by atoms with Crippen molar-refractivity contribution in [3.63, 3.8) is 0 Å². The van der Waals surface area contributed by atoms with E-state index in [0.29, 0.717) is 11.7 Å². The fourth-order valence-corrected chi connectivity index (χ4v) is 2.80. The molecule has 3 rings (SSSR count). The highest BCUT2D eigenvalue weighted by Gasteiger charge is 2.30. The zero-order chi connectivity index (χ0) is 14.8. The Morgan fingerprint density at radius 1 is 1.38 bits per heavy atom. The molecule has 1 aliphatic heterocycles. The van der Waals surface area contributed by atoms with Crippen LogP contribution in [0.4, 0.5) is 0 Å². The minimum atomic E-state index is 0.165. The van der Waals surface area contributed by atoms with Crippen LogP contribution in [0.25, 0.3) is 0 Å². The number of piperazine rings is 1. The molecule has 7 heteroatoms. The molecule has 0 aromatic carbocycles. The van der Waals surface area contributed by atoms with Crippen LogP contribution in [0.5, 0.6) is 0 Å². The normalized spacial score (nSPS) is 21.0. The molecule has 0 saturated carbocycles. The molecule has 0 unspecified atom stereocenters. The predicted molar refractivity (Wildman–Crippen MR) is 77.6 cm³/mol. The Morgan fingerprint density at radius 3 is 2.95 bits per heavy atom. The summed E-state index contributed by atoms with van der Waals surface area (Å²) in [5.74, 6) is 1.41. The van der Waals surface area contributed by atoms with Crippen LogP contribution in [-0.4, -0.2) is 56.4 Å². The molecule has 7 nitrogen and oxygen atoms in total. The van der Waals surface area contributed by atoms with Crippen LogP contribution in [0.3, 0.4) is 0 Å². The lowest BCUT2D eigenvalue weighted by Crippen LogP contribution is -2.46. The number of aryl methyl sites for hydroxylation is 2. The van der Waals surface area contributed by atoms with E-state index in [-0.39, 0.29) is 6.04 Å². The Kier molecular flexibility index (Phi) is 4.03. The average molecular weight is 290 g/mol. The van der Waals surface area contributed by atoms with E-state index < -0.39 is 0 Å². The van der Waals surface area contributed by atoms with Crippen LogP contribution in [-0.2, 0) is 13.1 Å². The minimum absolute atomic E-state index is 0.165. The van der Waals surface area contributed by atoms with E-state index >= 15 is 0 Å². The van der Waals surface area contributed by atoms with E-state index in [2.05, 4.69) is 45.1 Å². The summed E-state index contributed by atoms with van der Waals surface area (Å²) >= 11 is 0. The average Bonchev–Trinajstić information content (AvgIpc) is 3.09. The summed E-state index contributed by atoms with van der Waals surface area (Å²) in [6, 6.07) is 2.26. The van der Waals surface area contributed by atoms with Gasteiger partial charge in [0.2, 0.25) is 5.89 Å². The van der Waals surface area contributed by atoms with Crippen molar-refractivity contribution < 1.29 is 4.52 Å². The van der Waals surface area contributed by atoms with Gasteiger partial charge in [-0.25, -0.2) is 0 Å². The standard InChI is InChI=1S/C14H22N6O/c1-4-20-12(5-6-15-20)9-19-8-7-18(3)13(10-19)14-16-11(2)17-21-14/h5-6,13H,4,7-10H2,1-3H3/t13-/m0/s1. The van der Waals surface area contributed by atoms with Crippen molar-refractivity contribution in [2.24, 2.45) is 0 Å². The molecule has 2 aromatic rings. The number of hydrogen-bond donors (Lipinski definition) is 0. The predicted octanol–water partition coefficient (Wildman–Crippen LogP) is 1.08. The summed E-state index contributed by atoms with van der Waals surface area (Å²) in [4.78, 5) is 9.09. The molecule has 1 atom stereocenters. The molecule has 1 fully saturated rings. The van der Waals surface area contributed by atoms with E-state index in [1.165, 1.54) is 5.69 Å². The molecule has 0 N–H and O–H groups in total. The molecular weight excluding hydrogens is 268 g/mol. The second-order valence-electron chi connectivity index (χ2n) is 5.55. The van der Waals surface area contributed by atoms with Crippen LogP contribution < -0.4 is 0 Å². The second kappa shape index (κ2) is 5.95. The molecule has 3 heterocycles. The molecule has 0 bridgehead atoms. The lowest BCUT2D eigenvalue weighted by molar-refractivity contribution is 0.0699. The molecule has 0 amide bonds. The Balaban J connectivity index is 1.71. The first-order valence-electron chi connectivity index (χ1n) is 7.41. The van der Waals surface area contributed by atoms with Gasteiger partial charge in [0.05, 0.1) is 5.69 Å². The third kappa shape index (κ3) is 2.98. The van der Waals surface area contributed by atoms with E-state index in [0.717, 1.165) is 32.7 Å². The van der Waals surface area contributed by atoms with Crippen LogP contribution in [0.15, 0.2) is 16.8 Å². The van der Waals surface area contributed by atoms with Crippen LogP contribution >= 0.6 is 0 Å². The van der Waals surface area contributed by atoms with Crippen molar-refractivity contribution in [3.8, 4) is 0 Å². The van der Waals surface area contributed by atoms with Gasteiger partial charge in [0.1, 0.15) is 6.04 Å². The maximum atomic E-state index is 5.36. The first kappa shape index (κ1) is 14.2. The Hall–Kier alpha value is -1.73. The van der Waals surface area contributed by atoms with Crippen molar-refractivity contribution in [1.82, 2.24) is 29.7 Å². The van der Waals surface area contributed by atoms with E-state index in [9.17, 15) is 0 Å². The van der Waals surface area contributed by atoms with Crippen LogP contribution in [0.1, 0.15) is 30.4 Å². The Morgan fingerprint density at radius 2 is 2.24 bits per heavy atom. The van der Waals surface area contributed by atoms with Gasteiger partial charge in [-0.3, -0.25) is 14.5 Å². The highest BCUT2D eigenvalue weighted by atomic mass is 16.5. The molecule has 1 aliphatic rings. The van der Waals surface area contributed by atoms with Crippen molar-refractivity contribution in [2.45, 2.75) is 33.0 Å². The van der Waals surface area contributed by atoms with Gasteiger partial charge in [0.25, 0.3) is 0 Å². The van der Waals surface area contributed by atoms with Gasteiger partial charge in [-0.05, 0) is 27.0 Å². The maximum Gasteiger partial charge on any atom is 0.245 e. The zero-order valence-electron chi connectivity index (χ0n) is 12.9. The number of hydrogen-bond acceptors (Lipinski definition) is 6. The minimum Gasteiger partial charge on any atom is -0.338 e. The van der Waals surface area contributed by atoms with E-state index in [1.807, 2.05) is 17.8 Å². The summed E-state index contributed by atoms with van der Waals surface area (Å²) < 4.78 is 7.40. The number of rotatable bonds is 4. The smallest absolute Gasteiger partial charge is 0.245 e. The summed E-state index contributed by atoms with van der Waals surface area (Å²) in [7, 11) is 2.11. The third-order valence-electron chi connectivity index (χ3n) is 4.05. The molecule has 0 radical (unpaired) electrons. The Labute approximate surface area is 124 Å². The van der Waals surface area contributed by atoms with Crippen molar-refractivity contribution in [3.05, 3.63) is 29.7 Å². The molecule has 2 aromatic heterocycles. The fraction of sp³-hybridized carbons (Fsp3) is 0.643. The number of aromatic nitrogens is 4. The highest BCUT2D eigenvalue weighted by molar-refractivity contribution is 5.02. The van der Waals surface area contributed by atoms with Gasteiger partial charge >= 0.3 is 0 Å². The SMILES string of the molecule is CCn1nccc1CN1CCN(C)[C@H](c2nc(C)no2)C1. The lowest BCUT2D eigenvalue weighted by Gasteiger charge is -2.37. The van der Waals surface area contributed by atoms with Crippen molar-refractivity contribution in [1.29, 1.82) is 0 Å². The number of likely N-dealkylation sites (N-methyl/N-ethyl adjacent to an activating group) is 1. The summed E-state index contributed by atoms with van der Waals surface area (Å²) in [5, 5.41) is 8.24. The largest absolute Gasteiger partial charge is 0.338 e. The van der Waals surface area contributed by atoms with Crippen molar-refractivity contribution >= 4 is 0 Å².